The third-order valence-electron chi connectivity index (χ3n) is 3.21. The minimum absolute atomic E-state index is 0. The van der Waals surface area contributed by atoms with Gasteiger partial charge >= 0.3 is 113 Å². The van der Waals surface area contributed by atoms with Crippen LogP contribution in [-0.2, 0) is 10.4 Å². The molecule has 0 saturated carbocycles. The Hall–Kier alpha value is 0.260. The van der Waals surface area contributed by atoms with Crippen molar-refractivity contribution < 1.29 is 17.5 Å². The molecule has 0 atom stereocenters. The fraction of sp³-hybridized carbons (Fsp3) is 0.714. The van der Waals surface area contributed by atoms with Gasteiger partial charge in [0.05, 0.1) is 0 Å². The maximum atomic E-state index is 8.74. The molecular weight excluding hydrogens is 449 g/mol. The van der Waals surface area contributed by atoms with Crippen LogP contribution in [0, 0.1) is 0 Å². The molecule has 0 aliphatic heterocycles. The Morgan fingerprint density at radius 3 is 1.06 bits per heavy atom. The van der Waals surface area contributed by atoms with E-state index in [0.29, 0.717) is 19.6 Å². The van der Waals surface area contributed by atoms with Gasteiger partial charge in [-0.1, -0.05) is 18.2 Å². The van der Waals surface area contributed by atoms with Gasteiger partial charge in [-0.2, -0.15) is 8.42 Å². The van der Waals surface area contributed by atoms with E-state index in [1.165, 1.54) is 95.8 Å². The normalized spacial score (nSPS) is 8.77. The zero-order valence-corrected chi connectivity index (χ0v) is 23.6. The standard InChI is InChI=1S/C12H25.3C3H7N.ClH.Na.H2O4S/c1-3-5-7-9-11-12-10-8-6-4-2;3*1-2-3-4;;;1-5(2,3)4/h1,3-12H2,2H3;3*2H,1,3-4H2;1H;;(H2,1,2,3,4). The summed E-state index contributed by atoms with van der Waals surface area (Å²) in [5.41, 5.74) is 14.7. The van der Waals surface area contributed by atoms with Crippen LogP contribution in [0.5, 0.6) is 0 Å². The molecule has 10 heteroatoms. The molecule has 0 aromatic heterocycles. The molecule has 0 radical (unpaired) electrons. The van der Waals surface area contributed by atoms with Gasteiger partial charge in [0.2, 0.25) is 0 Å². The van der Waals surface area contributed by atoms with Crippen LogP contribution in [0.25, 0.3) is 0 Å². The van der Waals surface area contributed by atoms with Crippen molar-refractivity contribution in [3.05, 3.63) is 38.0 Å². The van der Waals surface area contributed by atoms with Gasteiger partial charge in [0, 0.05) is 19.6 Å². The van der Waals surface area contributed by atoms with Gasteiger partial charge in [0.15, 0.2) is 0 Å². The predicted molar refractivity (Wildman–Crippen MR) is 142 cm³/mol. The molecule has 0 bridgehead atoms. The number of rotatable bonds is 13. The number of halogens is 1. The first kappa shape index (κ1) is 44.9. The number of hydrogen-bond acceptors (Lipinski definition) is 5. The summed E-state index contributed by atoms with van der Waals surface area (Å²) in [6.45, 7) is 14.1. The average Bonchev–Trinajstić information content (AvgIpc) is 2.72. The fourth-order valence-corrected chi connectivity index (χ4v) is 2.24. The third kappa shape index (κ3) is 137. The van der Waals surface area contributed by atoms with Crippen molar-refractivity contribution in [2.45, 2.75) is 74.8 Å². The van der Waals surface area contributed by atoms with E-state index < -0.39 is 10.4 Å². The number of unbranched alkanes of at least 4 members (excludes halogenated alkanes) is 9. The molecule has 0 aromatic rings. The van der Waals surface area contributed by atoms with Crippen molar-refractivity contribution in [2.75, 3.05) is 19.6 Å². The van der Waals surface area contributed by atoms with E-state index >= 15 is 0 Å². The zero-order valence-electron chi connectivity index (χ0n) is 20.0. The molecule has 7 nitrogen and oxygen atoms in total. The minimum Gasteiger partial charge on any atom is -0.264 e. The quantitative estimate of drug-likeness (QED) is 0.107. The van der Waals surface area contributed by atoms with Crippen molar-refractivity contribution in [1.29, 1.82) is 0 Å². The number of nitrogens with two attached hydrogens (primary N) is 3. The Labute approximate surface area is 216 Å². The molecular formula is C21H49ClN3NaO4S. The molecule has 31 heavy (non-hydrogen) atoms. The second kappa shape index (κ2) is 47.9. The maximum Gasteiger partial charge on any atom is 0.394 e. The van der Waals surface area contributed by atoms with Crippen LogP contribution in [0.3, 0.4) is 0 Å². The molecule has 186 valence electrons. The summed E-state index contributed by atoms with van der Waals surface area (Å²) in [4.78, 5) is 0. The first-order valence-electron chi connectivity index (χ1n) is 10.8. The molecule has 0 aliphatic rings. The fourth-order valence-electron chi connectivity index (χ4n) is 1.74. The van der Waals surface area contributed by atoms with Gasteiger partial charge < -0.3 is 17.2 Å². The first-order chi connectivity index (χ1) is 14.2. The SMILES string of the molecule is C=CCN.C=CCN.C=CCN.CCCCCCCCCCC[CH2][Na].Cl.O=S(=O)(O)O. The molecule has 0 rings (SSSR count). The smallest absolute Gasteiger partial charge is 0.264 e. The second-order valence-corrected chi connectivity index (χ2v) is 8.10. The molecule has 0 unspecified atom stereocenters. The van der Waals surface area contributed by atoms with E-state index in [9.17, 15) is 0 Å². The van der Waals surface area contributed by atoms with Crippen molar-refractivity contribution in [3.63, 3.8) is 0 Å². The Balaban J connectivity index is -0.0000000721. The summed E-state index contributed by atoms with van der Waals surface area (Å²) < 4.78 is 33.1. The van der Waals surface area contributed by atoms with E-state index in [1.807, 2.05) is 0 Å². The van der Waals surface area contributed by atoms with E-state index in [4.69, 9.17) is 34.7 Å². The van der Waals surface area contributed by atoms with Crippen molar-refractivity contribution >= 4 is 50.7 Å². The summed E-state index contributed by atoms with van der Waals surface area (Å²) in [7, 11) is -4.67. The zero-order chi connectivity index (χ0) is 24.5. The van der Waals surface area contributed by atoms with Gasteiger partial charge in [0.1, 0.15) is 0 Å². The Kier molecular flexibility index (Phi) is 69.3. The van der Waals surface area contributed by atoms with Crippen LogP contribution < -0.4 is 17.2 Å². The van der Waals surface area contributed by atoms with Gasteiger partial charge in [-0.05, 0) is 0 Å². The van der Waals surface area contributed by atoms with Crippen molar-refractivity contribution in [3.8, 4) is 0 Å². The van der Waals surface area contributed by atoms with Crippen LogP contribution in [0.1, 0.15) is 71.1 Å². The summed E-state index contributed by atoms with van der Waals surface area (Å²) in [5, 5.41) is 0. The molecule has 0 aliphatic carbocycles. The molecule has 0 aromatic carbocycles. The van der Waals surface area contributed by atoms with Crippen LogP contribution in [0.2, 0.25) is 3.67 Å². The second-order valence-electron chi connectivity index (χ2n) is 6.20. The minimum atomic E-state index is -4.67. The third-order valence-corrected chi connectivity index (χ3v) is 3.91. The van der Waals surface area contributed by atoms with Crippen LogP contribution in [-0.4, -0.2) is 65.1 Å². The van der Waals surface area contributed by atoms with E-state index in [2.05, 4.69) is 26.7 Å². The maximum absolute atomic E-state index is 8.74. The largest absolute Gasteiger partial charge is 0.394 e. The Morgan fingerprint density at radius 2 is 0.903 bits per heavy atom. The monoisotopic (exact) mass is 497 g/mol. The van der Waals surface area contributed by atoms with Gasteiger partial charge in [-0.3, -0.25) is 9.11 Å². The Morgan fingerprint density at radius 1 is 0.710 bits per heavy atom. The van der Waals surface area contributed by atoms with E-state index in [-0.39, 0.29) is 12.4 Å². The summed E-state index contributed by atoms with van der Waals surface area (Å²) in [6.07, 6.45) is 19.7. The van der Waals surface area contributed by atoms with E-state index in [1.54, 1.807) is 18.2 Å². The van der Waals surface area contributed by atoms with Gasteiger partial charge in [-0.25, -0.2) is 0 Å². The topological polar surface area (TPSA) is 153 Å². The summed E-state index contributed by atoms with van der Waals surface area (Å²) >= 11 is 1.41. The summed E-state index contributed by atoms with van der Waals surface area (Å²) in [5.74, 6) is 0. The predicted octanol–water partition coefficient (Wildman–Crippen LogP) is 4.66. The molecule has 0 spiro atoms. The first-order valence-corrected chi connectivity index (χ1v) is 13.6. The number of hydrogen-bond donors (Lipinski definition) is 5. The molecule has 8 N–H and O–H groups in total. The average molecular weight is 498 g/mol. The molecule has 0 saturated heterocycles. The molecule has 0 fully saturated rings. The van der Waals surface area contributed by atoms with Crippen molar-refractivity contribution in [2.24, 2.45) is 17.2 Å². The molecule has 0 amide bonds. The van der Waals surface area contributed by atoms with Gasteiger partial charge in [-0.15, -0.1) is 32.1 Å². The van der Waals surface area contributed by atoms with Crippen LogP contribution in [0.4, 0.5) is 0 Å². The van der Waals surface area contributed by atoms with Gasteiger partial charge in [0.25, 0.3) is 0 Å². The summed E-state index contributed by atoms with van der Waals surface area (Å²) in [6, 6.07) is 0. The van der Waals surface area contributed by atoms with Crippen LogP contribution >= 0.6 is 12.4 Å². The molecule has 0 heterocycles. The van der Waals surface area contributed by atoms with Crippen molar-refractivity contribution in [1.82, 2.24) is 0 Å². The van der Waals surface area contributed by atoms with E-state index in [0.717, 1.165) is 0 Å². The Bertz CT molecular complexity index is 378. The van der Waals surface area contributed by atoms with Crippen LogP contribution in [0.15, 0.2) is 38.0 Å².